The van der Waals surface area contributed by atoms with Crippen LogP contribution in [0.15, 0.2) is 42.6 Å². The van der Waals surface area contributed by atoms with Crippen LogP contribution < -0.4 is 9.96 Å². The molecule has 1 aliphatic rings. The normalized spacial score (nSPS) is 14.1. The van der Waals surface area contributed by atoms with Crippen molar-refractivity contribution in [1.82, 2.24) is 29.9 Å². The zero-order valence-corrected chi connectivity index (χ0v) is 18.2. The number of ether oxygens (including phenoxy) is 1. The maximum absolute atomic E-state index is 13.1. The average molecular weight is 485 g/mol. The summed E-state index contributed by atoms with van der Waals surface area (Å²) < 4.78 is 45.8. The number of nitrogens with one attached hydrogen (secondary N) is 1. The lowest BCUT2D eigenvalue weighted by molar-refractivity contribution is -0.148. The maximum Gasteiger partial charge on any atom is 0.451 e. The summed E-state index contributed by atoms with van der Waals surface area (Å²) >= 11 is 0. The third-order valence-corrected chi connectivity index (χ3v) is 5.42. The number of alkyl halides is 3. The highest BCUT2D eigenvalue weighted by Gasteiger charge is 2.40. The molecule has 2 N–H and O–H groups in total. The number of amides is 1. The summed E-state index contributed by atoms with van der Waals surface area (Å²) in [4.78, 5) is 18.5. The van der Waals surface area contributed by atoms with Gasteiger partial charge in [0.15, 0.2) is 5.82 Å². The van der Waals surface area contributed by atoms with Gasteiger partial charge in [0.2, 0.25) is 17.6 Å². The highest BCUT2D eigenvalue weighted by atomic mass is 19.4. The second-order valence-electron chi connectivity index (χ2n) is 7.68. The fraction of sp³-hybridized carbons (Fsp3) is 0.286. The maximum atomic E-state index is 13.1. The van der Waals surface area contributed by atoms with Crippen molar-refractivity contribution in [2.45, 2.75) is 31.7 Å². The van der Waals surface area contributed by atoms with E-state index >= 15 is 0 Å². The molecule has 0 fully saturated rings. The van der Waals surface area contributed by atoms with E-state index in [9.17, 15) is 23.0 Å². The molecule has 4 rings (SSSR count). The van der Waals surface area contributed by atoms with E-state index in [2.05, 4.69) is 20.4 Å². The second kappa shape index (κ2) is 10.1. The molecule has 0 radical (unpaired) electrons. The first kappa shape index (κ1) is 24.2. The summed E-state index contributed by atoms with van der Waals surface area (Å²) in [5.74, 6) is -0.802. The number of pyridine rings is 1. The number of rotatable bonds is 7. The Hall–Kier alpha value is -3.96. The second-order valence-corrected chi connectivity index (χ2v) is 7.68. The summed E-state index contributed by atoms with van der Waals surface area (Å²) in [7, 11) is -0.462. The van der Waals surface area contributed by atoms with Crippen molar-refractivity contribution in [3.05, 3.63) is 65.4 Å². The number of nitriles is 1. The standard InChI is InChI=1S/C21H19BF3N7O3/c23-21(24,25)20-30-29-17-12-31(8-9-32(17)20)19(33)16(28-22-34)10-13-3-5-15(6-4-13)35-18-14(11-26)2-1-7-27-18/h1-7,16,22,28,34H,8-10,12H2. The van der Waals surface area contributed by atoms with Gasteiger partial charge in [-0.1, -0.05) is 12.1 Å². The molecular weight excluding hydrogens is 466 g/mol. The number of fused-ring (bicyclic) bond motifs is 1. The predicted molar refractivity (Wildman–Crippen MR) is 116 cm³/mol. The highest BCUT2D eigenvalue weighted by molar-refractivity contribution is 6.22. The van der Waals surface area contributed by atoms with Crippen LogP contribution in [0.1, 0.15) is 22.8 Å². The summed E-state index contributed by atoms with van der Waals surface area (Å²) in [6.45, 7) is -0.156. The van der Waals surface area contributed by atoms with Crippen LogP contribution in [0.25, 0.3) is 0 Å². The first-order valence-corrected chi connectivity index (χ1v) is 10.5. The van der Waals surface area contributed by atoms with Gasteiger partial charge in [-0.25, -0.2) is 4.98 Å². The van der Waals surface area contributed by atoms with Gasteiger partial charge in [-0.3, -0.25) is 4.79 Å². The summed E-state index contributed by atoms with van der Waals surface area (Å²) in [5.41, 5.74) is 1.03. The van der Waals surface area contributed by atoms with E-state index in [0.29, 0.717) is 5.75 Å². The number of carbonyl (C=O) groups is 1. The minimum absolute atomic E-state index is 0.0486. The van der Waals surface area contributed by atoms with Crippen LogP contribution in [-0.2, 0) is 30.5 Å². The molecule has 1 unspecified atom stereocenters. The molecule has 0 aliphatic carbocycles. The molecule has 1 atom stereocenters. The molecule has 3 aromatic rings. The van der Waals surface area contributed by atoms with E-state index in [1.807, 2.05) is 6.07 Å². The lowest BCUT2D eigenvalue weighted by atomic mass is 10.0. The molecule has 2 aromatic heterocycles. The molecule has 0 saturated carbocycles. The number of carbonyl (C=O) groups excluding carboxylic acids is 1. The van der Waals surface area contributed by atoms with Crippen molar-refractivity contribution in [1.29, 1.82) is 5.26 Å². The number of benzene rings is 1. The number of halogens is 3. The Morgan fingerprint density at radius 2 is 2.03 bits per heavy atom. The fourth-order valence-corrected chi connectivity index (χ4v) is 3.73. The third kappa shape index (κ3) is 5.42. The molecule has 180 valence electrons. The summed E-state index contributed by atoms with van der Waals surface area (Å²) in [6.07, 6.45) is -2.90. The van der Waals surface area contributed by atoms with Crippen molar-refractivity contribution < 1.29 is 27.7 Å². The lowest BCUT2D eigenvalue weighted by Gasteiger charge is -2.31. The lowest BCUT2D eigenvalue weighted by Crippen LogP contribution is -2.51. The van der Waals surface area contributed by atoms with Crippen LogP contribution in [0.5, 0.6) is 11.6 Å². The van der Waals surface area contributed by atoms with Gasteiger partial charge in [0.25, 0.3) is 0 Å². The van der Waals surface area contributed by atoms with E-state index < -0.39 is 25.7 Å². The first-order chi connectivity index (χ1) is 16.8. The van der Waals surface area contributed by atoms with Crippen molar-refractivity contribution in [2.75, 3.05) is 6.54 Å². The Morgan fingerprint density at radius 3 is 2.71 bits per heavy atom. The Bertz CT molecular complexity index is 1240. The minimum Gasteiger partial charge on any atom is -0.440 e. The van der Waals surface area contributed by atoms with Gasteiger partial charge < -0.3 is 24.5 Å². The van der Waals surface area contributed by atoms with E-state index in [4.69, 9.17) is 10.00 Å². The van der Waals surface area contributed by atoms with Gasteiger partial charge in [-0.2, -0.15) is 18.4 Å². The molecule has 1 aromatic carbocycles. The number of hydrogen-bond acceptors (Lipinski definition) is 8. The molecular formula is C21H19BF3N7O3. The number of aromatic nitrogens is 4. The molecule has 0 bridgehead atoms. The van der Waals surface area contributed by atoms with E-state index in [0.717, 1.165) is 10.1 Å². The largest absolute Gasteiger partial charge is 0.451 e. The first-order valence-electron chi connectivity index (χ1n) is 10.5. The summed E-state index contributed by atoms with van der Waals surface area (Å²) in [6, 6.07) is 11.2. The van der Waals surface area contributed by atoms with Crippen molar-refractivity contribution in [3.8, 4) is 17.7 Å². The molecule has 14 heteroatoms. The average Bonchev–Trinajstić information content (AvgIpc) is 3.29. The molecule has 0 saturated heterocycles. The van der Waals surface area contributed by atoms with Crippen molar-refractivity contribution in [3.63, 3.8) is 0 Å². The minimum atomic E-state index is -4.62. The van der Waals surface area contributed by atoms with Crippen LogP contribution in [0.2, 0.25) is 0 Å². The Labute approximate surface area is 198 Å². The van der Waals surface area contributed by atoms with Crippen molar-refractivity contribution in [2.24, 2.45) is 0 Å². The van der Waals surface area contributed by atoms with Crippen LogP contribution in [-0.4, -0.2) is 55.8 Å². The molecule has 35 heavy (non-hydrogen) atoms. The molecule has 10 nitrogen and oxygen atoms in total. The van der Waals surface area contributed by atoms with E-state index in [1.54, 1.807) is 36.4 Å². The van der Waals surface area contributed by atoms with Gasteiger partial charge in [-0.15, -0.1) is 10.2 Å². The summed E-state index contributed by atoms with van der Waals surface area (Å²) in [5, 5.41) is 28.1. The smallest absolute Gasteiger partial charge is 0.440 e. The molecule has 0 spiro atoms. The SMILES string of the molecule is N#Cc1cccnc1Oc1ccc(CC(NBO)C(=O)N2CCn3c(nnc3C(F)(F)F)C2)cc1. The van der Waals surface area contributed by atoms with Gasteiger partial charge in [0.05, 0.1) is 12.6 Å². The quantitative estimate of drug-likeness (QED) is 0.477. The number of nitrogens with zero attached hydrogens (tertiary/aromatic N) is 6. The molecule has 3 heterocycles. The van der Waals surface area contributed by atoms with Gasteiger partial charge in [0, 0.05) is 19.3 Å². The zero-order valence-electron chi connectivity index (χ0n) is 18.2. The Kier molecular flexibility index (Phi) is 6.99. The third-order valence-electron chi connectivity index (χ3n) is 5.42. The highest BCUT2D eigenvalue weighted by Crippen LogP contribution is 2.29. The van der Waals surface area contributed by atoms with Gasteiger partial charge >= 0.3 is 13.8 Å². The topological polar surface area (TPSA) is 129 Å². The van der Waals surface area contributed by atoms with Crippen LogP contribution in [0.3, 0.4) is 0 Å². The zero-order chi connectivity index (χ0) is 25.0. The number of hydrogen-bond donors (Lipinski definition) is 2. The van der Waals surface area contributed by atoms with E-state index in [-0.39, 0.29) is 49.2 Å². The van der Waals surface area contributed by atoms with Crippen LogP contribution >= 0.6 is 0 Å². The molecule has 1 amide bonds. The molecule has 1 aliphatic heterocycles. The predicted octanol–water partition coefficient (Wildman–Crippen LogP) is 1.16. The van der Waals surface area contributed by atoms with Crippen LogP contribution in [0, 0.1) is 11.3 Å². The monoisotopic (exact) mass is 485 g/mol. The van der Waals surface area contributed by atoms with Gasteiger partial charge in [-0.05, 0) is 36.2 Å². The fourth-order valence-electron chi connectivity index (χ4n) is 3.73. The van der Waals surface area contributed by atoms with Crippen LogP contribution in [0.4, 0.5) is 13.2 Å². The Balaban J connectivity index is 1.43. The van der Waals surface area contributed by atoms with E-state index in [1.165, 1.54) is 11.1 Å². The van der Waals surface area contributed by atoms with Crippen molar-refractivity contribution >= 4 is 13.5 Å². The van der Waals surface area contributed by atoms with Gasteiger partial charge in [0.1, 0.15) is 17.4 Å². The Morgan fingerprint density at radius 1 is 1.26 bits per heavy atom.